The molecular weight excluding hydrogens is 362 g/mol. The first-order valence-electron chi connectivity index (χ1n) is 9.38. The van der Waals surface area contributed by atoms with Crippen molar-refractivity contribution in [2.24, 2.45) is 7.05 Å². The molecule has 0 unspecified atom stereocenters. The number of aryl methyl sites for hydroxylation is 1. The Balaban J connectivity index is 1.77. The Labute approximate surface area is 167 Å². The van der Waals surface area contributed by atoms with E-state index < -0.39 is 0 Å². The van der Waals surface area contributed by atoms with Gasteiger partial charge in [-0.05, 0) is 42.5 Å². The van der Waals surface area contributed by atoms with Crippen molar-refractivity contribution in [2.45, 2.75) is 0 Å². The molecule has 0 bridgehead atoms. The monoisotopic (exact) mass is 381 g/mol. The third-order valence-electron chi connectivity index (χ3n) is 5.24. The summed E-state index contributed by atoms with van der Waals surface area (Å²) in [6.45, 7) is 0. The lowest BCUT2D eigenvalue weighted by Crippen LogP contribution is -2.13. The highest BCUT2D eigenvalue weighted by Gasteiger charge is 2.22. The van der Waals surface area contributed by atoms with Gasteiger partial charge in [0, 0.05) is 35.3 Å². The van der Waals surface area contributed by atoms with Gasteiger partial charge in [0.05, 0.1) is 18.1 Å². The Morgan fingerprint density at radius 1 is 0.897 bits per heavy atom. The third kappa shape index (κ3) is 2.70. The summed E-state index contributed by atoms with van der Waals surface area (Å²) in [6, 6.07) is 23.0. The quantitative estimate of drug-likeness (QED) is 0.447. The second-order valence-electron chi connectivity index (χ2n) is 6.96. The Morgan fingerprint density at radius 2 is 1.59 bits per heavy atom. The van der Waals surface area contributed by atoms with Gasteiger partial charge in [-0.2, -0.15) is 0 Å². The molecule has 3 aromatic carbocycles. The summed E-state index contributed by atoms with van der Waals surface area (Å²) in [5, 5.41) is 1.06. The van der Waals surface area contributed by atoms with Gasteiger partial charge in [-0.3, -0.25) is 9.36 Å². The van der Waals surface area contributed by atoms with Crippen LogP contribution in [-0.4, -0.2) is 27.1 Å². The number of hydrogen-bond donors (Lipinski definition) is 0. The van der Waals surface area contributed by atoms with Gasteiger partial charge in [-0.25, -0.2) is 4.98 Å². The number of ether oxygens (including phenoxy) is 1. The third-order valence-corrected chi connectivity index (χ3v) is 5.24. The molecule has 5 heteroatoms. The number of aromatic nitrogens is 3. The van der Waals surface area contributed by atoms with Crippen LogP contribution in [0.15, 0.2) is 79.0 Å². The van der Waals surface area contributed by atoms with E-state index in [1.807, 2.05) is 49.6 Å². The van der Waals surface area contributed by atoms with E-state index in [0.717, 1.165) is 27.5 Å². The SMILES string of the molecule is COc1ccc(C(=O)n2c(-c3cn(C)c4ccccc34)nc3ccccc32)cc1. The summed E-state index contributed by atoms with van der Waals surface area (Å²) in [5.41, 5.74) is 4.18. The molecule has 0 aliphatic carbocycles. The molecule has 0 radical (unpaired) electrons. The molecule has 0 atom stereocenters. The van der Waals surface area contributed by atoms with E-state index in [2.05, 4.69) is 16.7 Å². The van der Waals surface area contributed by atoms with E-state index in [1.54, 1.807) is 35.9 Å². The zero-order valence-corrected chi connectivity index (χ0v) is 16.2. The fourth-order valence-corrected chi connectivity index (χ4v) is 3.79. The lowest BCUT2D eigenvalue weighted by molar-refractivity contribution is 0.0966. The molecule has 0 fully saturated rings. The minimum absolute atomic E-state index is 0.121. The maximum absolute atomic E-state index is 13.5. The van der Waals surface area contributed by atoms with Crippen molar-refractivity contribution in [1.29, 1.82) is 0 Å². The van der Waals surface area contributed by atoms with Crippen LogP contribution in [0.1, 0.15) is 10.4 Å². The van der Waals surface area contributed by atoms with Gasteiger partial charge >= 0.3 is 0 Å². The Morgan fingerprint density at radius 3 is 2.34 bits per heavy atom. The summed E-state index contributed by atoms with van der Waals surface area (Å²) < 4.78 is 8.99. The van der Waals surface area contributed by atoms with Crippen molar-refractivity contribution in [1.82, 2.24) is 14.1 Å². The predicted octanol–water partition coefficient (Wildman–Crippen LogP) is 4.89. The lowest BCUT2D eigenvalue weighted by atomic mass is 10.1. The van der Waals surface area contributed by atoms with Crippen molar-refractivity contribution >= 4 is 27.8 Å². The molecular formula is C24H19N3O2. The smallest absolute Gasteiger partial charge is 0.264 e. The van der Waals surface area contributed by atoms with Crippen LogP contribution < -0.4 is 4.74 Å². The predicted molar refractivity (Wildman–Crippen MR) is 114 cm³/mol. The number of para-hydroxylation sites is 3. The molecule has 29 heavy (non-hydrogen) atoms. The van der Waals surface area contributed by atoms with E-state index in [1.165, 1.54) is 0 Å². The van der Waals surface area contributed by atoms with Crippen LogP contribution in [0.5, 0.6) is 5.75 Å². The number of carbonyl (C=O) groups excluding carboxylic acids is 1. The zero-order valence-electron chi connectivity index (χ0n) is 16.2. The number of rotatable bonds is 3. The van der Waals surface area contributed by atoms with Crippen molar-refractivity contribution in [2.75, 3.05) is 7.11 Å². The number of carbonyl (C=O) groups is 1. The first kappa shape index (κ1) is 17.3. The van der Waals surface area contributed by atoms with Crippen LogP contribution in [0.2, 0.25) is 0 Å². The Hall–Kier alpha value is -3.86. The van der Waals surface area contributed by atoms with Crippen LogP contribution in [-0.2, 0) is 7.05 Å². The molecule has 0 spiro atoms. The van der Waals surface area contributed by atoms with Gasteiger partial charge in [0.2, 0.25) is 0 Å². The summed E-state index contributed by atoms with van der Waals surface area (Å²) >= 11 is 0. The van der Waals surface area contributed by atoms with E-state index in [-0.39, 0.29) is 5.91 Å². The number of fused-ring (bicyclic) bond motifs is 2. The first-order chi connectivity index (χ1) is 14.2. The first-order valence-corrected chi connectivity index (χ1v) is 9.38. The summed E-state index contributed by atoms with van der Waals surface area (Å²) in [5.74, 6) is 1.24. The standard InChI is InChI=1S/C24H19N3O2/c1-26-15-19(18-7-3-5-9-21(18)26)23-25-20-8-4-6-10-22(20)27(23)24(28)16-11-13-17(29-2)14-12-16/h3-15H,1-2H3. The van der Waals surface area contributed by atoms with Crippen LogP contribution in [0.3, 0.4) is 0 Å². The number of hydrogen-bond acceptors (Lipinski definition) is 3. The lowest BCUT2D eigenvalue weighted by Gasteiger charge is -2.08. The van der Waals surface area contributed by atoms with E-state index in [4.69, 9.17) is 9.72 Å². The normalized spacial score (nSPS) is 11.2. The molecule has 0 saturated heterocycles. The molecule has 0 N–H and O–H groups in total. The average Bonchev–Trinajstić information content (AvgIpc) is 3.31. The number of benzene rings is 3. The van der Waals surface area contributed by atoms with E-state index in [0.29, 0.717) is 17.1 Å². The highest BCUT2D eigenvalue weighted by atomic mass is 16.5. The molecule has 142 valence electrons. The summed E-state index contributed by atoms with van der Waals surface area (Å²) in [4.78, 5) is 18.4. The van der Waals surface area contributed by atoms with Crippen LogP contribution >= 0.6 is 0 Å². The highest BCUT2D eigenvalue weighted by Crippen LogP contribution is 2.32. The maximum atomic E-state index is 13.5. The molecule has 5 nitrogen and oxygen atoms in total. The molecule has 5 rings (SSSR count). The molecule has 5 aromatic rings. The summed E-state index contributed by atoms with van der Waals surface area (Å²) in [6.07, 6.45) is 2.03. The van der Waals surface area contributed by atoms with Crippen LogP contribution in [0.4, 0.5) is 0 Å². The Kier molecular flexibility index (Phi) is 3.95. The van der Waals surface area contributed by atoms with Gasteiger partial charge < -0.3 is 9.30 Å². The second-order valence-corrected chi connectivity index (χ2v) is 6.96. The largest absolute Gasteiger partial charge is 0.497 e. The van der Waals surface area contributed by atoms with Gasteiger partial charge in [0.25, 0.3) is 5.91 Å². The molecule has 2 heterocycles. The fourth-order valence-electron chi connectivity index (χ4n) is 3.79. The maximum Gasteiger partial charge on any atom is 0.264 e. The Bertz CT molecular complexity index is 1360. The number of imidazole rings is 1. The van der Waals surface area contributed by atoms with Crippen molar-refractivity contribution < 1.29 is 9.53 Å². The highest BCUT2D eigenvalue weighted by molar-refractivity contribution is 6.06. The minimum atomic E-state index is -0.121. The van der Waals surface area contributed by atoms with Gasteiger partial charge in [-0.15, -0.1) is 0 Å². The van der Waals surface area contributed by atoms with Crippen molar-refractivity contribution in [3.8, 4) is 17.1 Å². The topological polar surface area (TPSA) is 49.0 Å². The van der Waals surface area contributed by atoms with Crippen molar-refractivity contribution in [3.63, 3.8) is 0 Å². The van der Waals surface area contributed by atoms with Crippen LogP contribution in [0, 0.1) is 0 Å². The van der Waals surface area contributed by atoms with Gasteiger partial charge in [0.1, 0.15) is 11.6 Å². The molecule has 0 aliphatic rings. The molecule has 2 aromatic heterocycles. The van der Waals surface area contributed by atoms with Crippen LogP contribution in [0.25, 0.3) is 33.3 Å². The molecule has 0 aliphatic heterocycles. The van der Waals surface area contributed by atoms with E-state index >= 15 is 0 Å². The van der Waals surface area contributed by atoms with E-state index in [9.17, 15) is 4.79 Å². The number of methoxy groups -OCH3 is 1. The zero-order chi connectivity index (χ0) is 20.0. The van der Waals surface area contributed by atoms with Gasteiger partial charge in [-0.1, -0.05) is 30.3 Å². The van der Waals surface area contributed by atoms with Gasteiger partial charge in [0.15, 0.2) is 0 Å². The van der Waals surface area contributed by atoms with Crippen molar-refractivity contribution in [3.05, 3.63) is 84.6 Å². The number of nitrogens with zero attached hydrogens (tertiary/aromatic N) is 3. The molecule has 0 saturated carbocycles. The summed E-state index contributed by atoms with van der Waals surface area (Å²) in [7, 11) is 3.61. The average molecular weight is 381 g/mol. The minimum Gasteiger partial charge on any atom is -0.497 e. The molecule has 0 amide bonds. The second kappa shape index (κ2) is 6.63. The fraction of sp³-hybridized carbons (Fsp3) is 0.0833.